The summed E-state index contributed by atoms with van der Waals surface area (Å²) in [5.74, 6) is -2.66. The molecular formula is C21H23F3O2. The van der Waals surface area contributed by atoms with Gasteiger partial charge in [0.15, 0.2) is 11.6 Å². The van der Waals surface area contributed by atoms with Crippen molar-refractivity contribution in [3.63, 3.8) is 0 Å². The van der Waals surface area contributed by atoms with Gasteiger partial charge in [0.05, 0.1) is 11.5 Å². The molecule has 5 heteroatoms. The summed E-state index contributed by atoms with van der Waals surface area (Å²) in [7, 11) is 0. The van der Waals surface area contributed by atoms with Crippen LogP contribution in [0.1, 0.15) is 51.3 Å². The summed E-state index contributed by atoms with van der Waals surface area (Å²) in [5, 5.41) is 0. The van der Waals surface area contributed by atoms with Crippen molar-refractivity contribution >= 4 is 5.97 Å². The molecule has 26 heavy (non-hydrogen) atoms. The van der Waals surface area contributed by atoms with E-state index in [4.69, 9.17) is 11.2 Å². The van der Waals surface area contributed by atoms with Gasteiger partial charge in [0.2, 0.25) is 0 Å². The highest BCUT2D eigenvalue weighted by atomic mass is 19.2. The number of rotatable bonds is 5. The lowest BCUT2D eigenvalue weighted by atomic mass is 10.00. The quantitative estimate of drug-likeness (QED) is 0.321. The summed E-state index contributed by atoms with van der Waals surface area (Å²) < 4.78 is 47.8. The molecule has 0 N–H and O–H groups in total. The zero-order chi connectivity index (χ0) is 19.8. The highest BCUT2D eigenvalue weighted by molar-refractivity contribution is 5.78. The van der Waals surface area contributed by atoms with Crippen molar-refractivity contribution in [2.75, 3.05) is 0 Å². The summed E-state index contributed by atoms with van der Waals surface area (Å²) in [5.41, 5.74) is -0.273. The maximum atomic E-state index is 14.3. The molecule has 0 heterocycles. The molecule has 0 aromatic heterocycles. The van der Waals surface area contributed by atoms with Gasteiger partial charge in [-0.25, -0.2) is 13.2 Å². The van der Waals surface area contributed by atoms with E-state index in [1.54, 1.807) is 6.92 Å². The van der Waals surface area contributed by atoms with Crippen molar-refractivity contribution < 1.29 is 22.7 Å². The van der Waals surface area contributed by atoms with Crippen LogP contribution in [0, 0.1) is 47.0 Å². The number of carbonyl (C=O) groups is 1. The molecule has 1 aliphatic carbocycles. The maximum absolute atomic E-state index is 14.3. The van der Waals surface area contributed by atoms with Gasteiger partial charge in [-0.05, 0) is 37.2 Å². The number of benzene rings is 1. The van der Waals surface area contributed by atoms with Gasteiger partial charge in [0.1, 0.15) is 12.4 Å². The Balaban J connectivity index is 2.25. The van der Waals surface area contributed by atoms with Crippen LogP contribution < -0.4 is 0 Å². The third-order valence-corrected chi connectivity index (χ3v) is 5.06. The number of carbonyl (C=O) groups excluding carboxylic acids is 1. The van der Waals surface area contributed by atoms with Gasteiger partial charge in [-0.15, -0.1) is 6.42 Å². The van der Waals surface area contributed by atoms with E-state index in [9.17, 15) is 18.0 Å². The van der Waals surface area contributed by atoms with Gasteiger partial charge >= 0.3 is 5.97 Å². The van der Waals surface area contributed by atoms with Gasteiger partial charge < -0.3 is 4.74 Å². The molecule has 0 bridgehead atoms. The van der Waals surface area contributed by atoms with Crippen LogP contribution in [0.15, 0.2) is 11.6 Å². The average molecular weight is 364 g/mol. The molecular weight excluding hydrogens is 341 g/mol. The van der Waals surface area contributed by atoms with E-state index in [1.165, 1.54) is 0 Å². The molecule has 1 aliphatic rings. The van der Waals surface area contributed by atoms with Gasteiger partial charge in [0, 0.05) is 5.56 Å². The van der Waals surface area contributed by atoms with E-state index in [2.05, 4.69) is 0 Å². The lowest BCUT2D eigenvalue weighted by Crippen LogP contribution is -2.14. The Morgan fingerprint density at radius 2 is 1.81 bits per heavy atom. The normalized spacial score (nSPS) is 20.3. The number of terminal acetylenes is 1. The minimum atomic E-state index is -1.43. The lowest BCUT2D eigenvalue weighted by molar-refractivity contribution is -0.147. The van der Waals surface area contributed by atoms with Crippen molar-refractivity contribution in [3.8, 4) is 12.3 Å². The Kier molecular flexibility index (Phi) is 5.55. The van der Waals surface area contributed by atoms with E-state index in [0.717, 1.165) is 5.57 Å². The van der Waals surface area contributed by atoms with Gasteiger partial charge in [0.25, 0.3) is 0 Å². The van der Waals surface area contributed by atoms with E-state index in [0.29, 0.717) is 0 Å². The summed E-state index contributed by atoms with van der Waals surface area (Å²) in [6.07, 6.45) is 7.16. The lowest BCUT2D eigenvalue weighted by Gasteiger charge is -2.14. The summed E-state index contributed by atoms with van der Waals surface area (Å²) in [6, 6.07) is 0. The molecule has 0 unspecified atom stereocenters. The minimum Gasteiger partial charge on any atom is -0.460 e. The second kappa shape index (κ2) is 7.19. The van der Waals surface area contributed by atoms with Crippen LogP contribution >= 0.6 is 0 Å². The monoisotopic (exact) mass is 364 g/mol. The summed E-state index contributed by atoms with van der Waals surface area (Å²) in [6.45, 7) is 8.84. The van der Waals surface area contributed by atoms with E-state index in [1.807, 2.05) is 39.7 Å². The molecule has 1 saturated carbocycles. The number of esters is 1. The molecule has 1 aromatic rings. The molecule has 0 amide bonds. The molecule has 0 aliphatic heterocycles. The Bertz CT molecular complexity index is 812. The van der Waals surface area contributed by atoms with Crippen molar-refractivity contribution in [1.29, 1.82) is 0 Å². The molecule has 2 atom stereocenters. The zero-order valence-corrected chi connectivity index (χ0v) is 15.7. The number of hydrogen-bond donors (Lipinski definition) is 0. The van der Waals surface area contributed by atoms with Crippen molar-refractivity contribution in [2.45, 2.75) is 47.6 Å². The fourth-order valence-electron chi connectivity index (χ4n) is 3.43. The van der Waals surface area contributed by atoms with Crippen molar-refractivity contribution in [2.24, 2.45) is 17.3 Å². The highest BCUT2D eigenvalue weighted by Crippen LogP contribution is 2.59. The van der Waals surface area contributed by atoms with Crippen molar-refractivity contribution in [3.05, 3.63) is 45.8 Å². The van der Waals surface area contributed by atoms with Crippen LogP contribution in [0.2, 0.25) is 0 Å². The molecule has 1 aromatic carbocycles. The molecule has 2 rings (SSSR count). The van der Waals surface area contributed by atoms with Crippen LogP contribution in [-0.4, -0.2) is 5.97 Å². The standard InChI is InChI=1S/C21H23F3O2/c1-7-12-14(19(24)18(23)13(8-2)17(12)22)10-26-20(25)16-15(9-11(3)4)21(16,5)6/h2,9,15-16H,7,10H2,1,3-6H3/t15-,16+/m1/s1. The van der Waals surface area contributed by atoms with E-state index in [-0.39, 0.29) is 34.8 Å². The highest BCUT2D eigenvalue weighted by Gasteiger charge is 2.61. The summed E-state index contributed by atoms with van der Waals surface area (Å²) >= 11 is 0. The first-order valence-electron chi connectivity index (χ1n) is 8.54. The third kappa shape index (κ3) is 3.38. The Morgan fingerprint density at radius 3 is 2.31 bits per heavy atom. The smallest absolute Gasteiger partial charge is 0.310 e. The second-order valence-corrected chi connectivity index (χ2v) is 7.45. The van der Waals surface area contributed by atoms with Crippen LogP contribution in [-0.2, 0) is 22.6 Å². The average Bonchev–Trinajstić information content (AvgIpc) is 3.09. The maximum Gasteiger partial charge on any atom is 0.310 e. The van der Waals surface area contributed by atoms with Crippen LogP contribution in [0.3, 0.4) is 0 Å². The van der Waals surface area contributed by atoms with Crippen LogP contribution in [0.5, 0.6) is 0 Å². The number of halogens is 3. The SMILES string of the molecule is C#Cc1c(F)c(F)c(COC(=O)[C@@H]2[C@@H](C=C(C)C)C2(C)C)c(CC)c1F. The predicted octanol–water partition coefficient (Wildman–Crippen LogP) is 4.93. The fraction of sp³-hybridized carbons (Fsp3) is 0.476. The third-order valence-electron chi connectivity index (χ3n) is 5.06. The topological polar surface area (TPSA) is 26.3 Å². The summed E-state index contributed by atoms with van der Waals surface area (Å²) in [4.78, 5) is 12.4. The van der Waals surface area contributed by atoms with Crippen molar-refractivity contribution in [1.82, 2.24) is 0 Å². The van der Waals surface area contributed by atoms with Gasteiger partial charge in [-0.1, -0.05) is 38.3 Å². The first-order chi connectivity index (χ1) is 12.1. The first kappa shape index (κ1) is 20.1. The zero-order valence-electron chi connectivity index (χ0n) is 15.7. The molecule has 0 spiro atoms. The fourth-order valence-corrected chi connectivity index (χ4v) is 3.43. The minimum absolute atomic E-state index is 0.0350. The number of allylic oxidation sites excluding steroid dienone is 2. The van der Waals surface area contributed by atoms with Gasteiger partial charge in [-0.2, -0.15) is 0 Å². The Hall–Kier alpha value is -2.22. The molecule has 0 saturated heterocycles. The number of ether oxygens (including phenoxy) is 1. The van der Waals surface area contributed by atoms with Crippen LogP contribution in [0.25, 0.3) is 0 Å². The molecule has 2 nitrogen and oxygen atoms in total. The number of hydrogen-bond acceptors (Lipinski definition) is 2. The molecule has 0 radical (unpaired) electrons. The predicted molar refractivity (Wildman–Crippen MR) is 93.6 cm³/mol. The Morgan fingerprint density at radius 1 is 1.19 bits per heavy atom. The largest absolute Gasteiger partial charge is 0.460 e. The first-order valence-corrected chi connectivity index (χ1v) is 8.54. The van der Waals surface area contributed by atoms with Crippen LogP contribution in [0.4, 0.5) is 13.2 Å². The van der Waals surface area contributed by atoms with Gasteiger partial charge in [-0.3, -0.25) is 4.79 Å². The molecule has 140 valence electrons. The van der Waals surface area contributed by atoms with E-state index >= 15 is 0 Å². The second-order valence-electron chi connectivity index (χ2n) is 7.45. The molecule has 1 fully saturated rings. The Labute approximate surface area is 152 Å². The van der Waals surface area contributed by atoms with E-state index < -0.39 is 35.6 Å².